The molecule has 0 aliphatic carbocycles. The second-order valence-electron chi connectivity index (χ2n) is 5.82. The predicted octanol–water partition coefficient (Wildman–Crippen LogP) is 3.06. The quantitative estimate of drug-likeness (QED) is 0.803. The first kappa shape index (κ1) is 17.7. The Labute approximate surface area is 149 Å². The average Bonchev–Trinajstić information content (AvgIpc) is 3.07. The van der Waals surface area contributed by atoms with Crippen LogP contribution in [-0.2, 0) is 20.7 Å². The summed E-state index contributed by atoms with van der Waals surface area (Å²) in [6.07, 6.45) is -0.409. The maximum absolute atomic E-state index is 13.1. The SMILES string of the molecule is CC(OC(=O)CCc1ccc2c(c1)OCO2)C(=O)Nc1cccc(F)c1. The molecule has 2 aromatic rings. The molecule has 0 bridgehead atoms. The first-order valence-corrected chi connectivity index (χ1v) is 8.16. The molecule has 0 aromatic heterocycles. The molecule has 26 heavy (non-hydrogen) atoms. The molecule has 1 N–H and O–H groups in total. The normalized spacial score (nSPS) is 13.2. The fourth-order valence-electron chi connectivity index (χ4n) is 2.46. The summed E-state index contributed by atoms with van der Waals surface area (Å²) in [6, 6.07) is 10.9. The number of anilines is 1. The van der Waals surface area contributed by atoms with Crippen LogP contribution in [-0.4, -0.2) is 24.8 Å². The summed E-state index contributed by atoms with van der Waals surface area (Å²) in [5, 5.41) is 2.50. The van der Waals surface area contributed by atoms with Gasteiger partial charge in [0.15, 0.2) is 17.6 Å². The predicted molar refractivity (Wildman–Crippen MR) is 91.5 cm³/mol. The molecule has 1 unspecified atom stereocenters. The molecule has 0 saturated carbocycles. The van der Waals surface area contributed by atoms with Crippen LogP contribution in [0.25, 0.3) is 0 Å². The molecule has 0 radical (unpaired) electrons. The van der Waals surface area contributed by atoms with E-state index in [1.807, 2.05) is 12.1 Å². The van der Waals surface area contributed by atoms with Crippen LogP contribution in [0.1, 0.15) is 18.9 Å². The number of ether oxygens (including phenoxy) is 3. The largest absolute Gasteiger partial charge is 0.454 e. The van der Waals surface area contributed by atoms with E-state index in [-0.39, 0.29) is 13.2 Å². The first-order valence-electron chi connectivity index (χ1n) is 8.16. The van der Waals surface area contributed by atoms with E-state index in [1.54, 1.807) is 12.1 Å². The molecule has 1 aliphatic heterocycles. The minimum absolute atomic E-state index is 0.122. The van der Waals surface area contributed by atoms with E-state index in [0.29, 0.717) is 23.6 Å². The minimum Gasteiger partial charge on any atom is -0.454 e. The lowest BCUT2D eigenvalue weighted by molar-refractivity contribution is -0.153. The number of hydrogen-bond acceptors (Lipinski definition) is 5. The molecular formula is C19H18FNO5. The number of rotatable bonds is 6. The Balaban J connectivity index is 1.47. The van der Waals surface area contributed by atoms with Crippen molar-refractivity contribution in [2.45, 2.75) is 25.9 Å². The van der Waals surface area contributed by atoms with E-state index >= 15 is 0 Å². The molecular weight excluding hydrogens is 341 g/mol. The Morgan fingerprint density at radius 1 is 1.19 bits per heavy atom. The molecule has 0 saturated heterocycles. The Bertz CT molecular complexity index is 823. The fourth-order valence-corrected chi connectivity index (χ4v) is 2.46. The van der Waals surface area contributed by atoms with Gasteiger partial charge in [-0.3, -0.25) is 9.59 Å². The number of esters is 1. The average molecular weight is 359 g/mol. The topological polar surface area (TPSA) is 73.9 Å². The molecule has 1 atom stereocenters. The van der Waals surface area contributed by atoms with Crippen LogP contribution in [0.4, 0.5) is 10.1 Å². The van der Waals surface area contributed by atoms with Gasteiger partial charge in [0.2, 0.25) is 6.79 Å². The first-order chi connectivity index (χ1) is 12.5. The summed E-state index contributed by atoms with van der Waals surface area (Å²) < 4.78 is 28.8. The third-order valence-corrected chi connectivity index (χ3v) is 3.82. The second-order valence-corrected chi connectivity index (χ2v) is 5.82. The Morgan fingerprint density at radius 2 is 2.00 bits per heavy atom. The monoisotopic (exact) mass is 359 g/mol. The van der Waals surface area contributed by atoms with Gasteiger partial charge in [0.25, 0.3) is 5.91 Å². The van der Waals surface area contributed by atoms with Crippen molar-refractivity contribution in [3.05, 3.63) is 53.8 Å². The van der Waals surface area contributed by atoms with Crippen molar-refractivity contribution in [3.63, 3.8) is 0 Å². The molecule has 0 fully saturated rings. The zero-order valence-electron chi connectivity index (χ0n) is 14.2. The minimum atomic E-state index is -0.984. The van der Waals surface area contributed by atoms with Crippen molar-refractivity contribution < 1.29 is 28.2 Å². The summed E-state index contributed by atoms with van der Waals surface area (Å²) in [7, 11) is 0. The van der Waals surface area contributed by atoms with Crippen molar-refractivity contribution in [1.29, 1.82) is 0 Å². The Kier molecular flexibility index (Phi) is 5.36. The van der Waals surface area contributed by atoms with E-state index in [4.69, 9.17) is 14.2 Å². The molecule has 2 aromatic carbocycles. The van der Waals surface area contributed by atoms with Crippen LogP contribution in [0.15, 0.2) is 42.5 Å². The van der Waals surface area contributed by atoms with E-state index in [0.717, 1.165) is 5.56 Å². The van der Waals surface area contributed by atoms with E-state index in [9.17, 15) is 14.0 Å². The van der Waals surface area contributed by atoms with Gasteiger partial charge in [-0.1, -0.05) is 12.1 Å². The third-order valence-electron chi connectivity index (χ3n) is 3.82. The van der Waals surface area contributed by atoms with Crippen LogP contribution < -0.4 is 14.8 Å². The molecule has 136 valence electrons. The van der Waals surface area contributed by atoms with Crippen LogP contribution in [0.3, 0.4) is 0 Å². The van der Waals surface area contributed by atoms with Gasteiger partial charge >= 0.3 is 5.97 Å². The van der Waals surface area contributed by atoms with Crippen LogP contribution in [0.5, 0.6) is 11.5 Å². The smallest absolute Gasteiger partial charge is 0.306 e. The highest BCUT2D eigenvalue weighted by Crippen LogP contribution is 2.32. The molecule has 6 nitrogen and oxygen atoms in total. The molecule has 1 heterocycles. The van der Waals surface area contributed by atoms with Gasteiger partial charge < -0.3 is 19.5 Å². The van der Waals surface area contributed by atoms with Crippen molar-refractivity contribution in [2.75, 3.05) is 12.1 Å². The summed E-state index contributed by atoms with van der Waals surface area (Å²) in [6.45, 7) is 1.66. The van der Waals surface area contributed by atoms with E-state index < -0.39 is 23.8 Å². The lowest BCUT2D eigenvalue weighted by atomic mass is 10.1. The Morgan fingerprint density at radius 3 is 2.81 bits per heavy atom. The van der Waals surface area contributed by atoms with E-state index in [1.165, 1.54) is 25.1 Å². The van der Waals surface area contributed by atoms with Crippen molar-refractivity contribution in [1.82, 2.24) is 0 Å². The number of aryl methyl sites for hydroxylation is 1. The molecule has 1 aliphatic rings. The van der Waals surface area contributed by atoms with Crippen LogP contribution in [0, 0.1) is 5.82 Å². The second kappa shape index (κ2) is 7.86. The van der Waals surface area contributed by atoms with Gasteiger partial charge in [0, 0.05) is 12.1 Å². The number of fused-ring (bicyclic) bond motifs is 1. The van der Waals surface area contributed by atoms with Gasteiger partial charge in [-0.25, -0.2) is 4.39 Å². The van der Waals surface area contributed by atoms with Crippen molar-refractivity contribution in [2.24, 2.45) is 0 Å². The molecule has 7 heteroatoms. The fraction of sp³-hybridized carbons (Fsp3) is 0.263. The van der Waals surface area contributed by atoms with Crippen molar-refractivity contribution in [3.8, 4) is 11.5 Å². The third kappa shape index (κ3) is 4.50. The number of nitrogens with one attached hydrogen (secondary N) is 1. The highest BCUT2D eigenvalue weighted by molar-refractivity contribution is 5.95. The number of carbonyl (C=O) groups excluding carboxylic acids is 2. The standard InChI is InChI=1S/C19H18FNO5/c1-12(19(23)21-15-4-2-3-14(20)10-15)26-18(22)8-6-13-5-7-16-17(9-13)25-11-24-16/h2-5,7,9-10,12H,6,8,11H2,1H3,(H,21,23). The summed E-state index contributed by atoms with van der Waals surface area (Å²) in [5.74, 6) is -0.148. The lowest BCUT2D eigenvalue weighted by Crippen LogP contribution is -2.30. The zero-order chi connectivity index (χ0) is 18.5. The van der Waals surface area contributed by atoms with Gasteiger partial charge in [-0.15, -0.1) is 0 Å². The lowest BCUT2D eigenvalue weighted by Gasteiger charge is -2.13. The highest BCUT2D eigenvalue weighted by atomic mass is 19.1. The maximum Gasteiger partial charge on any atom is 0.306 e. The summed E-state index contributed by atoms with van der Waals surface area (Å²) >= 11 is 0. The number of amides is 1. The van der Waals surface area contributed by atoms with E-state index in [2.05, 4.69) is 5.32 Å². The number of carbonyl (C=O) groups is 2. The number of benzene rings is 2. The van der Waals surface area contributed by atoms with Crippen LogP contribution in [0.2, 0.25) is 0 Å². The van der Waals surface area contributed by atoms with Crippen molar-refractivity contribution >= 4 is 17.6 Å². The number of hydrogen-bond donors (Lipinski definition) is 1. The molecule has 1 amide bonds. The van der Waals surface area contributed by atoms with Gasteiger partial charge in [-0.2, -0.15) is 0 Å². The Hall–Kier alpha value is -3.09. The van der Waals surface area contributed by atoms with Crippen LogP contribution >= 0.6 is 0 Å². The van der Waals surface area contributed by atoms with Gasteiger partial charge in [0.1, 0.15) is 5.82 Å². The molecule has 0 spiro atoms. The maximum atomic E-state index is 13.1. The summed E-state index contributed by atoms with van der Waals surface area (Å²) in [4.78, 5) is 24.0. The summed E-state index contributed by atoms with van der Waals surface area (Å²) in [5.41, 5.74) is 1.21. The zero-order valence-corrected chi connectivity index (χ0v) is 14.2. The highest BCUT2D eigenvalue weighted by Gasteiger charge is 2.19. The number of halogens is 1. The van der Waals surface area contributed by atoms with Gasteiger partial charge in [-0.05, 0) is 49.2 Å². The van der Waals surface area contributed by atoms with Gasteiger partial charge in [0.05, 0.1) is 0 Å². The molecule has 3 rings (SSSR count).